The van der Waals surface area contributed by atoms with Crippen LogP contribution in [0, 0.1) is 0 Å². The number of nitrogens with zero attached hydrogens (tertiary/aromatic N) is 1. The van der Waals surface area contributed by atoms with E-state index < -0.39 is 5.97 Å². The maximum absolute atomic E-state index is 10.4. The highest BCUT2D eigenvalue weighted by atomic mass is 79.9. The lowest BCUT2D eigenvalue weighted by Crippen LogP contribution is -3.00. The van der Waals surface area contributed by atoms with E-state index in [1.807, 2.05) is 11.8 Å². The Labute approximate surface area is 99.3 Å². The van der Waals surface area contributed by atoms with Gasteiger partial charge in [0.2, 0.25) is 5.04 Å². The van der Waals surface area contributed by atoms with Crippen LogP contribution in [0.1, 0.15) is 27.2 Å². The van der Waals surface area contributed by atoms with E-state index in [4.69, 9.17) is 5.11 Å². The Morgan fingerprint density at radius 1 is 1.64 bits per heavy atom. The molecule has 0 atom stereocenters. The second kappa shape index (κ2) is 5.16. The molecule has 14 heavy (non-hydrogen) atoms. The predicted octanol–water partition coefficient (Wildman–Crippen LogP) is -1.58. The summed E-state index contributed by atoms with van der Waals surface area (Å²) in [5.74, 6) is 0.332. The van der Waals surface area contributed by atoms with Crippen molar-refractivity contribution in [3.63, 3.8) is 0 Å². The SMILES string of the molecule is CC1=[N+](CCC(=O)O)C(C)(C)CS1.[Br-]. The minimum absolute atomic E-state index is 0. The Morgan fingerprint density at radius 3 is 2.57 bits per heavy atom. The van der Waals surface area contributed by atoms with Crippen LogP contribution in [-0.4, -0.2) is 38.5 Å². The highest BCUT2D eigenvalue weighted by Crippen LogP contribution is 2.26. The first-order chi connectivity index (χ1) is 5.93. The number of carboxylic acids is 1. The molecule has 3 nitrogen and oxygen atoms in total. The molecule has 0 aliphatic carbocycles. The topological polar surface area (TPSA) is 40.3 Å². The first kappa shape index (κ1) is 14.0. The standard InChI is InChI=1S/C9H15NO2S.BrH/c1-7-10(5-4-8(11)12)9(2,3)6-13-7;/h4-6H2,1-3H3;1H. The molecular formula is C9H16BrNO2S. The summed E-state index contributed by atoms with van der Waals surface area (Å²) in [6.07, 6.45) is 0.224. The van der Waals surface area contributed by atoms with Crippen LogP contribution in [0.25, 0.3) is 0 Å². The van der Waals surface area contributed by atoms with Gasteiger partial charge in [-0.3, -0.25) is 4.79 Å². The maximum atomic E-state index is 10.4. The zero-order chi connectivity index (χ0) is 10.1. The van der Waals surface area contributed by atoms with Crippen LogP contribution in [-0.2, 0) is 4.79 Å². The number of rotatable bonds is 3. The summed E-state index contributed by atoms with van der Waals surface area (Å²) in [5, 5.41) is 9.83. The van der Waals surface area contributed by atoms with Gasteiger partial charge in [-0.2, -0.15) is 0 Å². The van der Waals surface area contributed by atoms with Crippen molar-refractivity contribution in [2.24, 2.45) is 0 Å². The van der Waals surface area contributed by atoms with Gasteiger partial charge in [-0.25, -0.2) is 4.58 Å². The molecule has 0 amide bonds. The predicted molar refractivity (Wildman–Crippen MR) is 54.6 cm³/mol. The molecule has 0 saturated carbocycles. The lowest BCUT2D eigenvalue weighted by atomic mass is 10.1. The molecule has 0 spiro atoms. The van der Waals surface area contributed by atoms with Crippen molar-refractivity contribution in [3.05, 3.63) is 0 Å². The molecule has 0 aromatic rings. The molecule has 0 radical (unpaired) electrons. The van der Waals surface area contributed by atoms with Crippen LogP contribution in [0.5, 0.6) is 0 Å². The van der Waals surface area contributed by atoms with Crippen LogP contribution >= 0.6 is 11.8 Å². The summed E-state index contributed by atoms with van der Waals surface area (Å²) in [7, 11) is 0. The fraction of sp³-hybridized carbons (Fsp3) is 0.778. The molecule has 0 saturated heterocycles. The normalized spacial score (nSPS) is 19.4. The molecule has 0 fully saturated rings. The summed E-state index contributed by atoms with van der Waals surface area (Å²) in [5.41, 5.74) is 0.115. The van der Waals surface area contributed by atoms with E-state index in [0.29, 0.717) is 6.54 Å². The third-order valence-corrected chi connectivity index (χ3v) is 3.78. The molecule has 0 aromatic heterocycles. The number of thioether (sulfide) groups is 1. The van der Waals surface area contributed by atoms with E-state index in [9.17, 15) is 4.79 Å². The zero-order valence-corrected chi connectivity index (χ0v) is 11.1. The largest absolute Gasteiger partial charge is 1.00 e. The second-order valence-corrected chi connectivity index (χ2v) is 5.08. The Hall–Kier alpha value is -0.0300. The van der Waals surface area contributed by atoms with Crippen LogP contribution in [0.2, 0.25) is 0 Å². The van der Waals surface area contributed by atoms with Crippen molar-refractivity contribution < 1.29 is 31.5 Å². The van der Waals surface area contributed by atoms with E-state index >= 15 is 0 Å². The maximum Gasteiger partial charge on any atom is 0.309 e. The number of aliphatic carboxylic acids is 1. The van der Waals surface area contributed by atoms with Gasteiger partial charge in [-0.05, 0) is 0 Å². The summed E-state index contributed by atoms with van der Waals surface area (Å²) in [6.45, 7) is 6.99. The molecule has 0 aromatic carbocycles. The number of carboxylic acid groups (broad SMARTS) is 1. The molecule has 82 valence electrons. The van der Waals surface area contributed by atoms with Gasteiger partial charge in [0.05, 0.1) is 5.75 Å². The Kier molecular flexibility index (Phi) is 5.15. The van der Waals surface area contributed by atoms with Crippen molar-refractivity contribution in [3.8, 4) is 0 Å². The van der Waals surface area contributed by atoms with Crippen molar-refractivity contribution in [1.29, 1.82) is 0 Å². The monoisotopic (exact) mass is 281 g/mol. The first-order valence-corrected chi connectivity index (χ1v) is 5.38. The van der Waals surface area contributed by atoms with Crippen LogP contribution < -0.4 is 17.0 Å². The third-order valence-electron chi connectivity index (χ3n) is 2.29. The fourth-order valence-corrected chi connectivity index (χ4v) is 2.74. The van der Waals surface area contributed by atoms with Gasteiger partial charge in [0.25, 0.3) is 0 Å². The van der Waals surface area contributed by atoms with Crippen molar-refractivity contribution >= 4 is 22.8 Å². The summed E-state index contributed by atoms with van der Waals surface area (Å²) in [6, 6.07) is 0. The number of hydrogen-bond acceptors (Lipinski definition) is 2. The minimum atomic E-state index is -0.722. The molecule has 1 aliphatic heterocycles. The van der Waals surface area contributed by atoms with Gasteiger partial charge in [0.1, 0.15) is 6.42 Å². The van der Waals surface area contributed by atoms with Crippen LogP contribution in [0.3, 0.4) is 0 Å². The number of hydrogen-bond donors (Lipinski definition) is 1. The van der Waals surface area contributed by atoms with Crippen molar-refractivity contribution in [1.82, 2.24) is 0 Å². The summed E-state index contributed by atoms with van der Waals surface area (Å²) in [4.78, 5) is 10.4. The quantitative estimate of drug-likeness (QED) is 0.635. The summed E-state index contributed by atoms with van der Waals surface area (Å²) >= 11 is 1.81. The highest BCUT2D eigenvalue weighted by Gasteiger charge is 2.38. The van der Waals surface area contributed by atoms with Crippen LogP contribution in [0.4, 0.5) is 0 Å². The minimum Gasteiger partial charge on any atom is -1.00 e. The lowest BCUT2D eigenvalue weighted by molar-refractivity contribution is -0.589. The third kappa shape index (κ3) is 3.28. The van der Waals surface area contributed by atoms with E-state index in [2.05, 4.69) is 25.3 Å². The van der Waals surface area contributed by atoms with Crippen molar-refractivity contribution in [2.75, 3.05) is 12.3 Å². The average molecular weight is 282 g/mol. The highest BCUT2D eigenvalue weighted by molar-refractivity contribution is 8.13. The first-order valence-electron chi connectivity index (χ1n) is 4.39. The summed E-state index contributed by atoms with van der Waals surface area (Å²) < 4.78 is 2.19. The van der Waals surface area contributed by atoms with Crippen molar-refractivity contribution in [2.45, 2.75) is 32.7 Å². The molecule has 1 N–H and O–H groups in total. The molecule has 1 rings (SSSR count). The van der Waals surface area contributed by atoms with Gasteiger partial charge in [0.15, 0.2) is 12.1 Å². The zero-order valence-electron chi connectivity index (χ0n) is 8.71. The Bertz CT molecular complexity index is 264. The molecule has 1 aliphatic rings. The van der Waals surface area contributed by atoms with E-state index in [-0.39, 0.29) is 28.9 Å². The molecule has 0 unspecified atom stereocenters. The molecule has 5 heteroatoms. The van der Waals surface area contributed by atoms with Gasteiger partial charge in [-0.15, -0.1) is 0 Å². The van der Waals surface area contributed by atoms with E-state index in [0.717, 1.165) is 5.75 Å². The van der Waals surface area contributed by atoms with Crippen LogP contribution in [0.15, 0.2) is 0 Å². The van der Waals surface area contributed by atoms with E-state index in [1.165, 1.54) is 5.04 Å². The smallest absolute Gasteiger partial charge is 0.309 e. The van der Waals surface area contributed by atoms with Gasteiger partial charge >= 0.3 is 5.97 Å². The second-order valence-electron chi connectivity index (χ2n) is 3.92. The molecule has 1 heterocycles. The Balaban J connectivity index is 0.00000169. The van der Waals surface area contributed by atoms with Gasteiger partial charge in [0, 0.05) is 20.8 Å². The molecular weight excluding hydrogens is 266 g/mol. The number of carbonyl (C=O) groups is 1. The molecule has 0 bridgehead atoms. The van der Waals surface area contributed by atoms with Gasteiger partial charge in [-0.1, -0.05) is 11.8 Å². The Morgan fingerprint density at radius 2 is 2.21 bits per heavy atom. The average Bonchev–Trinajstić information content (AvgIpc) is 2.23. The van der Waals surface area contributed by atoms with E-state index in [1.54, 1.807) is 0 Å². The fourth-order valence-electron chi connectivity index (χ4n) is 1.53. The number of halogens is 1. The van der Waals surface area contributed by atoms with Gasteiger partial charge < -0.3 is 22.1 Å². The lowest BCUT2D eigenvalue weighted by Gasteiger charge is -2.15.